The van der Waals surface area contributed by atoms with Gasteiger partial charge in [0.15, 0.2) is 11.2 Å². The maximum atomic E-state index is 9.59. The quantitative estimate of drug-likeness (QED) is 0.156. The normalized spacial score (nSPS) is 11.4. The summed E-state index contributed by atoms with van der Waals surface area (Å²) in [7, 11) is 0. The minimum atomic E-state index is 0.386. The highest BCUT2D eigenvalue weighted by Crippen LogP contribution is 2.39. The first-order valence-corrected chi connectivity index (χ1v) is 19.1. The summed E-state index contributed by atoms with van der Waals surface area (Å²) in [6, 6.07) is 63.8. The molecule has 274 valence electrons. The second-order valence-electron chi connectivity index (χ2n) is 14.5. The van der Waals surface area contributed by atoms with E-state index < -0.39 is 0 Å². The third kappa shape index (κ3) is 5.99. The number of fused-ring (bicyclic) bond motifs is 5. The van der Waals surface area contributed by atoms with Crippen LogP contribution in [0.25, 0.3) is 88.6 Å². The predicted molar refractivity (Wildman–Crippen MR) is 235 cm³/mol. The maximum Gasteiger partial charge on any atom is 0.227 e. The lowest BCUT2D eigenvalue weighted by atomic mass is 9.95. The van der Waals surface area contributed by atoms with Crippen LogP contribution in [0, 0.1) is 22.7 Å². The number of hydrogen-bond donors (Lipinski definition) is 0. The molecule has 0 saturated carbocycles. The molecule has 11 rings (SSSR count). The van der Waals surface area contributed by atoms with Gasteiger partial charge in [0.2, 0.25) is 11.8 Å². The SMILES string of the molecule is N#Cc1cc2cc3ccc(-c4ccc5cc(N(c6ccc(-c7nc8ccccc8o7)cc6)c6ccc(-c7nc8ccccc8o7)cc6)ccc5c4)cc3cc2cc1C#N. The molecule has 9 aromatic carbocycles. The Hall–Kier alpha value is -8.52. The van der Waals surface area contributed by atoms with Gasteiger partial charge in [-0.05, 0) is 165 Å². The summed E-state index contributed by atoms with van der Waals surface area (Å²) in [5.41, 5.74) is 10.9. The Labute approximate surface area is 337 Å². The largest absolute Gasteiger partial charge is 0.436 e. The van der Waals surface area contributed by atoms with Crippen molar-refractivity contribution in [1.82, 2.24) is 9.97 Å². The smallest absolute Gasteiger partial charge is 0.227 e. The van der Waals surface area contributed by atoms with E-state index in [9.17, 15) is 10.5 Å². The van der Waals surface area contributed by atoms with E-state index in [2.05, 4.69) is 108 Å². The average Bonchev–Trinajstić information content (AvgIpc) is 3.93. The van der Waals surface area contributed by atoms with Crippen molar-refractivity contribution >= 4 is 71.6 Å². The van der Waals surface area contributed by atoms with Crippen molar-refractivity contribution in [3.63, 3.8) is 0 Å². The van der Waals surface area contributed by atoms with E-state index >= 15 is 0 Å². The molecule has 7 nitrogen and oxygen atoms in total. The number of rotatable bonds is 6. The first-order chi connectivity index (χ1) is 29.1. The molecule has 0 radical (unpaired) electrons. The lowest BCUT2D eigenvalue weighted by Crippen LogP contribution is -2.09. The molecular formula is C52H29N5O2. The summed E-state index contributed by atoms with van der Waals surface area (Å²) in [5, 5.41) is 25.3. The summed E-state index contributed by atoms with van der Waals surface area (Å²) in [4.78, 5) is 11.7. The van der Waals surface area contributed by atoms with Crippen LogP contribution in [0.2, 0.25) is 0 Å². The van der Waals surface area contributed by atoms with Gasteiger partial charge in [-0.2, -0.15) is 10.5 Å². The first-order valence-electron chi connectivity index (χ1n) is 19.1. The summed E-state index contributed by atoms with van der Waals surface area (Å²) in [6.07, 6.45) is 0. The lowest BCUT2D eigenvalue weighted by Gasteiger charge is -2.26. The molecule has 0 aliphatic rings. The van der Waals surface area contributed by atoms with E-state index in [0.717, 1.165) is 93.8 Å². The van der Waals surface area contributed by atoms with Crippen molar-refractivity contribution in [2.45, 2.75) is 0 Å². The van der Waals surface area contributed by atoms with Crippen molar-refractivity contribution in [3.05, 3.63) is 187 Å². The molecule has 0 aliphatic heterocycles. The number of para-hydroxylation sites is 4. The van der Waals surface area contributed by atoms with Crippen molar-refractivity contribution in [2.75, 3.05) is 4.90 Å². The zero-order valence-corrected chi connectivity index (χ0v) is 31.3. The van der Waals surface area contributed by atoms with Crippen LogP contribution in [0.3, 0.4) is 0 Å². The van der Waals surface area contributed by atoms with Crippen LogP contribution in [0.1, 0.15) is 11.1 Å². The van der Waals surface area contributed by atoms with Gasteiger partial charge in [0.05, 0.1) is 11.1 Å². The summed E-state index contributed by atoms with van der Waals surface area (Å²) < 4.78 is 12.2. The predicted octanol–water partition coefficient (Wildman–Crippen LogP) is 13.6. The van der Waals surface area contributed by atoms with Gasteiger partial charge in [-0.1, -0.05) is 54.6 Å². The zero-order valence-electron chi connectivity index (χ0n) is 31.3. The number of anilines is 3. The van der Waals surface area contributed by atoms with Crippen LogP contribution in [0.15, 0.2) is 185 Å². The van der Waals surface area contributed by atoms with Crippen LogP contribution < -0.4 is 4.90 Å². The van der Waals surface area contributed by atoms with Crippen LogP contribution in [-0.4, -0.2) is 9.97 Å². The fourth-order valence-corrected chi connectivity index (χ4v) is 7.91. The molecule has 59 heavy (non-hydrogen) atoms. The molecule has 0 bridgehead atoms. The molecule has 0 saturated heterocycles. The van der Waals surface area contributed by atoms with Crippen LogP contribution in [-0.2, 0) is 0 Å². The number of benzene rings is 9. The Kier molecular flexibility index (Phi) is 7.79. The van der Waals surface area contributed by atoms with Gasteiger partial charge in [0.25, 0.3) is 0 Å². The van der Waals surface area contributed by atoms with Crippen molar-refractivity contribution in [3.8, 4) is 46.2 Å². The Balaban J connectivity index is 0.959. The number of oxazole rings is 2. The second kappa shape index (κ2) is 13.6. The van der Waals surface area contributed by atoms with Gasteiger partial charge in [0, 0.05) is 28.2 Å². The molecule has 2 aromatic heterocycles. The van der Waals surface area contributed by atoms with E-state index in [-0.39, 0.29) is 0 Å². The van der Waals surface area contributed by atoms with Crippen molar-refractivity contribution in [1.29, 1.82) is 10.5 Å². The topological polar surface area (TPSA) is 103 Å². The van der Waals surface area contributed by atoms with Crippen LogP contribution in [0.4, 0.5) is 17.1 Å². The first kappa shape index (κ1) is 33.8. The molecule has 0 amide bonds. The molecular weight excluding hydrogens is 727 g/mol. The van der Waals surface area contributed by atoms with E-state index in [1.165, 1.54) is 0 Å². The monoisotopic (exact) mass is 755 g/mol. The molecule has 7 heteroatoms. The van der Waals surface area contributed by atoms with E-state index in [1.807, 2.05) is 72.8 Å². The van der Waals surface area contributed by atoms with Crippen molar-refractivity contribution in [2.24, 2.45) is 0 Å². The van der Waals surface area contributed by atoms with Crippen LogP contribution >= 0.6 is 0 Å². The Bertz CT molecular complexity index is 3350. The molecule has 0 spiro atoms. The number of nitriles is 2. The molecule has 0 aliphatic carbocycles. The summed E-state index contributed by atoms with van der Waals surface area (Å²) in [5.74, 6) is 1.16. The van der Waals surface area contributed by atoms with Gasteiger partial charge < -0.3 is 13.7 Å². The van der Waals surface area contributed by atoms with Crippen LogP contribution in [0.5, 0.6) is 0 Å². The highest BCUT2D eigenvalue weighted by atomic mass is 16.4. The van der Waals surface area contributed by atoms with Gasteiger partial charge in [-0.25, -0.2) is 9.97 Å². The van der Waals surface area contributed by atoms with Crippen molar-refractivity contribution < 1.29 is 8.83 Å². The Morgan fingerprint density at radius 1 is 0.373 bits per heavy atom. The fraction of sp³-hybridized carbons (Fsp3) is 0. The van der Waals surface area contributed by atoms with Gasteiger partial charge in [-0.15, -0.1) is 0 Å². The van der Waals surface area contributed by atoms with E-state index in [0.29, 0.717) is 22.9 Å². The molecule has 0 N–H and O–H groups in total. The minimum absolute atomic E-state index is 0.386. The molecule has 0 unspecified atom stereocenters. The van der Waals surface area contributed by atoms with Gasteiger partial charge >= 0.3 is 0 Å². The third-order valence-electron chi connectivity index (χ3n) is 10.9. The van der Waals surface area contributed by atoms with E-state index in [4.69, 9.17) is 18.8 Å². The highest BCUT2D eigenvalue weighted by Gasteiger charge is 2.17. The van der Waals surface area contributed by atoms with E-state index in [1.54, 1.807) is 12.1 Å². The number of hydrogen-bond acceptors (Lipinski definition) is 7. The standard InChI is InChI=1S/C52H29N5O2/c53-30-42-27-40-25-37-11-9-35(24-39(37)26-41(40)28-43(42)31-54)34-10-12-38-29-46(22-17-36(38)23-34)57(44-18-13-32(14-19-44)51-55-47-5-1-3-7-49(47)58-51)45-20-15-33(16-21-45)52-56-48-6-2-4-8-50(48)59-52/h1-29H. The number of nitrogens with zero attached hydrogens (tertiary/aromatic N) is 5. The third-order valence-corrected chi connectivity index (χ3v) is 10.9. The summed E-state index contributed by atoms with van der Waals surface area (Å²) in [6.45, 7) is 0. The Morgan fingerprint density at radius 3 is 1.31 bits per heavy atom. The zero-order chi connectivity index (χ0) is 39.5. The molecule has 0 fully saturated rings. The van der Waals surface area contributed by atoms with Gasteiger partial charge in [0.1, 0.15) is 23.2 Å². The maximum absolute atomic E-state index is 9.59. The lowest BCUT2D eigenvalue weighted by molar-refractivity contribution is 0.619. The van der Waals surface area contributed by atoms with Gasteiger partial charge in [-0.3, -0.25) is 0 Å². The second-order valence-corrected chi connectivity index (χ2v) is 14.5. The fourth-order valence-electron chi connectivity index (χ4n) is 7.91. The average molecular weight is 756 g/mol. The highest BCUT2D eigenvalue weighted by molar-refractivity contribution is 6.01. The minimum Gasteiger partial charge on any atom is -0.436 e. The molecule has 2 heterocycles. The number of aromatic nitrogens is 2. The molecule has 0 atom stereocenters. The molecule has 11 aromatic rings. The Morgan fingerprint density at radius 2 is 0.780 bits per heavy atom. The summed E-state index contributed by atoms with van der Waals surface area (Å²) >= 11 is 0.